The largest absolute Gasteiger partial charge is 0.497 e. The lowest BCUT2D eigenvalue weighted by molar-refractivity contribution is 0.253. The van der Waals surface area contributed by atoms with Gasteiger partial charge in [0.25, 0.3) is 0 Å². The maximum atomic E-state index is 5.44. The zero-order chi connectivity index (χ0) is 14.6. The lowest BCUT2D eigenvalue weighted by atomic mass is 9.66. The predicted molar refractivity (Wildman–Crippen MR) is 91.2 cm³/mol. The fraction of sp³-hybridized carbons (Fsp3) is 0.474. The summed E-state index contributed by atoms with van der Waals surface area (Å²) < 4.78 is 6.68. The minimum atomic E-state index is 0.527. The number of benzene rings is 2. The Labute approximate surface area is 134 Å². The molecule has 0 aromatic heterocycles. The summed E-state index contributed by atoms with van der Waals surface area (Å²) in [7, 11) is 1.75. The Morgan fingerprint density at radius 2 is 2.05 bits per heavy atom. The van der Waals surface area contributed by atoms with Gasteiger partial charge in [0.15, 0.2) is 0 Å². The minimum absolute atomic E-state index is 0.527. The third-order valence-electron chi connectivity index (χ3n) is 5.84. The summed E-state index contributed by atoms with van der Waals surface area (Å²) in [6, 6.07) is 8.86. The summed E-state index contributed by atoms with van der Waals surface area (Å²) in [6.07, 6.45) is 6.67. The van der Waals surface area contributed by atoms with Crippen LogP contribution in [-0.2, 0) is 6.42 Å². The second-order valence-corrected chi connectivity index (χ2v) is 7.79. The van der Waals surface area contributed by atoms with Crippen LogP contribution in [0.5, 0.6) is 5.75 Å². The summed E-state index contributed by atoms with van der Waals surface area (Å²) in [5.74, 6) is 1.70. The number of rotatable bonds is 1. The SMILES string of the molecule is COc1ccc2c(Br)cc3c(c2c1)CCC1(C)CCCC31. The first kappa shape index (κ1) is 13.6. The molecular weight excluding hydrogens is 324 g/mol. The first-order valence-electron chi connectivity index (χ1n) is 7.91. The van der Waals surface area contributed by atoms with Gasteiger partial charge in [-0.2, -0.15) is 0 Å². The molecule has 4 rings (SSSR count). The Morgan fingerprint density at radius 3 is 2.86 bits per heavy atom. The molecule has 0 spiro atoms. The molecule has 0 heterocycles. The van der Waals surface area contributed by atoms with Crippen LogP contribution >= 0.6 is 15.9 Å². The van der Waals surface area contributed by atoms with E-state index < -0.39 is 0 Å². The van der Waals surface area contributed by atoms with E-state index in [1.54, 1.807) is 18.2 Å². The van der Waals surface area contributed by atoms with Gasteiger partial charge in [0, 0.05) is 4.47 Å². The highest BCUT2D eigenvalue weighted by Crippen LogP contribution is 2.57. The topological polar surface area (TPSA) is 9.23 Å². The van der Waals surface area contributed by atoms with Crippen LogP contribution in [0.25, 0.3) is 10.8 Å². The third-order valence-corrected chi connectivity index (χ3v) is 6.50. The maximum absolute atomic E-state index is 5.44. The molecule has 21 heavy (non-hydrogen) atoms. The number of aryl methyl sites for hydroxylation is 1. The fourth-order valence-corrected chi connectivity index (χ4v) is 5.22. The van der Waals surface area contributed by atoms with Gasteiger partial charge >= 0.3 is 0 Å². The summed E-state index contributed by atoms with van der Waals surface area (Å²) >= 11 is 3.80. The molecule has 0 aliphatic heterocycles. The first-order chi connectivity index (χ1) is 10.1. The quantitative estimate of drug-likeness (QED) is 0.632. The van der Waals surface area contributed by atoms with Gasteiger partial charge in [0.1, 0.15) is 5.75 Å². The van der Waals surface area contributed by atoms with Crippen molar-refractivity contribution < 1.29 is 4.74 Å². The molecule has 2 unspecified atom stereocenters. The number of fused-ring (bicyclic) bond motifs is 5. The molecule has 0 amide bonds. The highest BCUT2D eigenvalue weighted by atomic mass is 79.9. The van der Waals surface area contributed by atoms with Crippen molar-refractivity contribution in [2.24, 2.45) is 5.41 Å². The molecule has 2 heteroatoms. The molecular formula is C19H21BrO. The van der Waals surface area contributed by atoms with Crippen molar-refractivity contribution >= 4 is 26.7 Å². The average molecular weight is 345 g/mol. The molecule has 110 valence electrons. The van der Waals surface area contributed by atoms with E-state index in [4.69, 9.17) is 4.74 Å². The summed E-state index contributed by atoms with van der Waals surface area (Å²) in [5, 5.41) is 2.70. The molecule has 0 radical (unpaired) electrons. The zero-order valence-corrected chi connectivity index (χ0v) is 14.3. The summed E-state index contributed by atoms with van der Waals surface area (Å²) in [5.41, 5.74) is 3.68. The second-order valence-electron chi connectivity index (χ2n) is 6.94. The number of halogens is 1. The first-order valence-corrected chi connectivity index (χ1v) is 8.71. The zero-order valence-electron chi connectivity index (χ0n) is 12.7. The van der Waals surface area contributed by atoms with E-state index in [2.05, 4.69) is 47.1 Å². The van der Waals surface area contributed by atoms with Crippen molar-refractivity contribution in [2.75, 3.05) is 7.11 Å². The standard InChI is InChI=1S/C19H21BrO/c1-19-8-3-4-17(19)16-11-18(20)14-6-5-12(21-2)10-15(14)13(16)7-9-19/h5-6,10-11,17H,3-4,7-9H2,1-2H3. The van der Waals surface area contributed by atoms with Crippen LogP contribution in [0.3, 0.4) is 0 Å². The van der Waals surface area contributed by atoms with Gasteiger partial charge in [-0.3, -0.25) is 0 Å². The second kappa shape index (κ2) is 4.74. The van der Waals surface area contributed by atoms with Crippen LogP contribution in [0.15, 0.2) is 28.7 Å². The molecule has 2 aliphatic carbocycles. The molecule has 0 bridgehead atoms. The van der Waals surface area contributed by atoms with Gasteiger partial charge < -0.3 is 4.74 Å². The van der Waals surface area contributed by atoms with Crippen LogP contribution in [-0.4, -0.2) is 7.11 Å². The van der Waals surface area contributed by atoms with Gasteiger partial charge in [-0.05, 0) is 83.2 Å². The normalized spacial score (nSPS) is 27.5. The lowest BCUT2D eigenvalue weighted by Crippen LogP contribution is -2.26. The Bertz CT molecular complexity index is 721. The van der Waals surface area contributed by atoms with Crippen LogP contribution < -0.4 is 4.74 Å². The van der Waals surface area contributed by atoms with E-state index >= 15 is 0 Å². The molecule has 0 saturated heterocycles. The Morgan fingerprint density at radius 1 is 1.19 bits per heavy atom. The van der Waals surface area contributed by atoms with Crippen molar-refractivity contribution in [1.82, 2.24) is 0 Å². The molecule has 2 aliphatic rings. The number of ether oxygens (including phenoxy) is 1. The van der Waals surface area contributed by atoms with Gasteiger partial charge in [-0.15, -0.1) is 0 Å². The minimum Gasteiger partial charge on any atom is -0.497 e. The van der Waals surface area contributed by atoms with E-state index in [1.807, 2.05) is 0 Å². The molecule has 0 N–H and O–H groups in total. The van der Waals surface area contributed by atoms with Gasteiger partial charge in [0.05, 0.1) is 7.11 Å². The highest BCUT2D eigenvalue weighted by molar-refractivity contribution is 9.10. The lowest BCUT2D eigenvalue weighted by Gasteiger charge is -2.38. The highest BCUT2D eigenvalue weighted by Gasteiger charge is 2.43. The van der Waals surface area contributed by atoms with Crippen molar-refractivity contribution in [3.05, 3.63) is 39.9 Å². The van der Waals surface area contributed by atoms with Crippen LogP contribution in [0, 0.1) is 5.41 Å². The van der Waals surface area contributed by atoms with Crippen molar-refractivity contribution in [3.63, 3.8) is 0 Å². The maximum Gasteiger partial charge on any atom is 0.119 e. The monoisotopic (exact) mass is 344 g/mol. The van der Waals surface area contributed by atoms with Gasteiger partial charge in [-0.25, -0.2) is 0 Å². The van der Waals surface area contributed by atoms with Gasteiger partial charge in [0.2, 0.25) is 0 Å². The van der Waals surface area contributed by atoms with Gasteiger partial charge in [-0.1, -0.05) is 29.3 Å². The molecule has 1 fully saturated rings. The summed E-state index contributed by atoms with van der Waals surface area (Å²) in [4.78, 5) is 0. The third kappa shape index (κ3) is 1.95. The van der Waals surface area contributed by atoms with E-state index in [1.165, 1.54) is 47.3 Å². The van der Waals surface area contributed by atoms with E-state index in [9.17, 15) is 0 Å². The molecule has 1 nitrogen and oxygen atoms in total. The Kier molecular flexibility index (Phi) is 3.08. The van der Waals surface area contributed by atoms with Crippen molar-refractivity contribution in [1.29, 1.82) is 0 Å². The van der Waals surface area contributed by atoms with Crippen LogP contribution in [0.4, 0.5) is 0 Å². The number of hydrogen-bond donors (Lipinski definition) is 0. The van der Waals surface area contributed by atoms with Crippen molar-refractivity contribution in [3.8, 4) is 5.75 Å². The molecule has 2 aromatic rings. The smallest absolute Gasteiger partial charge is 0.119 e. The van der Waals surface area contributed by atoms with Crippen LogP contribution in [0.2, 0.25) is 0 Å². The van der Waals surface area contributed by atoms with E-state index in [0.717, 1.165) is 11.7 Å². The molecule has 2 aromatic carbocycles. The molecule has 2 atom stereocenters. The van der Waals surface area contributed by atoms with E-state index in [-0.39, 0.29) is 0 Å². The summed E-state index contributed by atoms with van der Waals surface area (Å²) in [6.45, 7) is 2.50. The predicted octanol–water partition coefficient (Wildman–Crippen LogP) is 5.83. The number of methoxy groups -OCH3 is 1. The Hall–Kier alpha value is -1.02. The van der Waals surface area contributed by atoms with Crippen molar-refractivity contribution in [2.45, 2.75) is 44.9 Å². The Balaban J connectivity index is 1.99. The van der Waals surface area contributed by atoms with E-state index in [0.29, 0.717) is 5.41 Å². The fourth-order valence-electron chi connectivity index (χ4n) is 4.63. The van der Waals surface area contributed by atoms with Crippen LogP contribution in [0.1, 0.15) is 49.7 Å². The average Bonchev–Trinajstić information content (AvgIpc) is 2.89. The molecule has 1 saturated carbocycles. The number of hydrogen-bond acceptors (Lipinski definition) is 1.